The number of nitrogens with zero attached hydrogens (tertiary/aromatic N) is 4. The molecule has 1 saturated heterocycles. The van der Waals surface area contributed by atoms with Gasteiger partial charge in [-0.1, -0.05) is 42.8 Å². The Kier molecular flexibility index (Phi) is 9.90. The third-order valence-electron chi connectivity index (χ3n) is 8.11. The number of halogens is 1. The molecular formula is C30H36ClN5O5. The summed E-state index contributed by atoms with van der Waals surface area (Å²) in [7, 11) is 0. The Hall–Kier alpha value is -3.60. The van der Waals surface area contributed by atoms with Gasteiger partial charge in [0.05, 0.1) is 33.9 Å². The number of allylic oxidation sites excluding steroid dienone is 1. The first-order valence-corrected chi connectivity index (χ1v) is 14.2. The maximum atomic E-state index is 12.5. The number of benzene rings is 2. The predicted molar refractivity (Wildman–Crippen MR) is 158 cm³/mol. The van der Waals surface area contributed by atoms with Crippen molar-refractivity contribution in [2.45, 2.75) is 57.1 Å². The van der Waals surface area contributed by atoms with Crippen molar-refractivity contribution < 1.29 is 19.6 Å². The van der Waals surface area contributed by atoms with Gasteiger partial charge < -0.3 is 20.2 Å². The highest BCUT2D eigenvalue weighted by Crippen LogP contribution is 2.38. The fourth-order valence-electron chi connectivity index (χ4n) is 5.86. The first kappa shape index (κ1) is 30.4. The Labute approximate surface area is 244 Å². The van der Waals surface area contributed by atoms with E-state index in [1.54, 1.807) is 29.2 Å². The number of rotatable bonds is 12. The molecule has 0 aromatic heterocycles. The standard InChI is InChI=1S/C30H36ClN5O5/c1-3-26-29(27(28(32-19-37)21(2)33-26)22-5-11-25(12-6-22)36(40)41)35(20-38)16-4-15-34-17-13-30(39,14-18-34)23-7-9-24(31)10-8-23/h5-12,19-20,27-28,39H,3-4,13-18H2,1-2H3,(H,32,37). The number of aliphatic hydroxyl groups is 1. The van der Waals surface area contributed by atoms with Gasteiger partial charge >= 0.3 is 0 Å². The number of nitrogens with one attached hydrogen (secondary N) is 1. The molecule has 2 aliphatic heterocycles. The molecule has 2 N–H and O–H groups in total. The lowest BCUT2D eigenvalue weighted by molar-refractivity contribution is -0.384. The molecule has 1 fully saturated rings. The van der Waals surface area contributed by atoms with Crippen molar-refractivity contribution in [2.75, 3.05) is 26.2 Å². The molecule has 10 nitrogen and oxygen atoms in total. The van der Waals surface area contributed by atoms with Crippen LogP contribution in [0, 0.1) is 10.1 Å². The van der Waals surface area contributed by atoms with E-state index in [1.165, 1.54) is 12.1 Å². The number of non-ortho nitro benzene ring substituents is 1. The van der Waals surface area contributed by atoms with Crippen LogP contribution in [0.1, 0.15) is 56.6 Å². The van der Waals surface area contributed by atoms with Gasteiger partial charge in [0.15, 0.2) is 0 Å². The number of piperidine rings is 1. The molecule has 41 heavy (non-hydrogen) atoms. The molecular weight excluding hydrogens is 546 g/mol. The summed E-state index contributed by atoms with van der Waals surface area (Å²) in [6.45, 7) is 6.43. The van der Waals surface area contributed by atoms with E-state index in [4.69, 9.17) is 16.6 Å². The van der Waals surface area contributed by atoms with Gasteiger partial charge in [0.2, 0.25) is 12.8 Å². The normalized spacial score (nSPS) is 20.7. The fraction of sp³-hybridized carbons (Fsp3) is 0.433. The molecule has 4 rings (SSSR count). The van der Waals surface area contributed by atoms with E-state index in [0.717, 1.165) is 42.9 Å². The van der Waals surface area contributed by atoms with Crippen LogP contribution in [0.25, 0.3) is 0 Å². The minimum absolute atomic E-state index is 0.0344. The topological polar surface area (TPSA) is 128 Å². The summed E-state index contributed by atoms with van der Waals surface area (Å²) >= 11 is 6.01. The van der Waals surface area contributed by atoms with Crippen molar-refractivity contribution in [3.8, 4) is 0 Å². The molecule has 0 saturated carbocycles. The summed E-state index contributed by atoms with van der Waals surface area (Å²) < 4.78 is 0. The Morgan fingerprint density at radius 1 is 1.17 bits per heavy atom. The van der Waals surface area contributed by atoms with Crippen LogP contribution in [-0.4, -0.2) is 70.6 Å². The predicted octanol–water partition coefficient (Wildman–Crippen LogP) is 4.37. The van der Waals surface area contributed by atoms with Crippen LogP contribution in [0.3, 0.4) is 0 Å². The molecule has 0 aliphatic carbocycles. The van der Waals surface area contributed by atoms with Crippen molar-refractivity contribution in [2.24, 2.45) is 4.99 Å². The van der Waals surface area contributed by atoms with Gasteiger partial charge in [0.1, 0.15) is 0 Å². The molecule has 2 heterocycles. The van der Waals surface area contributed by atoms with Crippen LogP contribution < -0.4 is 5.32 Å². The quantitative estimate of drug-likeness (QED) is 0.217. The summed E-state index contributed by atoms with van der Waals surface area (Å²) in [6, 6.07) is 13.1. The number of likely N-dealkylation sites (tertiary alicyclic amines) is 1. The highest BCUT2D eigenvalue weighted by molar-refractivity contribution is 6.30. The molecule has 2 amide bonds. The summed E-state index contributed by atoms with van der Waals surface area (Å²) in [6.07, 6.45) is 3.89. The molecule has 0 bridgehead atoms. The largest absolute Gasteiger partial charge is 0.385 e. The monoisotopic (exact) mass is 581 g/mol. The maximum Gasteiger partial charge on any atom is 0.269 e. The Bertz CT molecular complexity index is 1300. The molecule has 218 valence electrons. The van der Waals surface area contributed by atoms with Crippen LogP contribution >= 0.6 is 11.6 Å². The molecule has 2 aliphatic rings. The highest BCUT2D eigenvalue weighted by Gasteiger charge is 2.37. The van der Waals surface area contributed by atoms with E-state index in [0.29, 0.717) is 55.1 Å². The minimum atomic E-state index is -0.882. The zero-order valence-electron chi connectivity index (χ0n) is 23.3. The Morgan fingerprint density at radius 3 is 2.39 bits per heavy atom. The van der Waals surface area contributed by atoms with Gasteiger partial charge in [0.25, 0.3) is 5.69 Å². The second-order valence-electron chi connectivity index (χ2n) is 10.6. The minimum Gasteiger partial charge on any atom is -0.385 e. The first-order valence-electron chi connectivity index (χ1n) is 13.9. The molecule has 0 spiro atoms. The van der Waals surface area contributed by atoms with Gasteiger partial charge in [-0.25, -0.2) is 0 Å². The molecule has 11 heteroatoms. The highest BCUT2D eigenvalue weighted by atomic mass is 35.5. The SMILES string of the molecule is CCC1=C(N(C=O)CCCN2CCC(O)(c3ccc(Cl)cc3)CC2)C(c2ccc([N+](=O)[O-])cc2)C(NC=O)C(C)=N1. The smallest absolute Gasteiger partial charge is 0.269 e. The van der Waals surface area contributed by atoms with Crippen LogP contribution in [-0.2, 0) is 15.2 Å². The number of carbonyl (C=O) groups excluding carboxylic acids is 2. The van der Waals surface area contributed by atoms with Gasteiger partial charge in [-0.15, -0.1) is 0 Å². The van der Waals surface area contributed by atoms with Crippen molar-refractivity contribution in [1.29, 1.82) is 0 Å². The van der Waals surface area contributed by atoms with E-state index < -0.39 is 22.5 Å². The van der Waals surface area contributed by atoms with Crippen LogP contribution in [0.15, 0.2) is 64.9 Å². The maximum absolute atomic E-state index is 12.5. The molecule has 2 aromatic carbocycles. The summed E-state index contributed by atoms with van der Waals surface area (Å²) in [4.78, 5) is 43.5. The van der Waals surface area contributed by atoms with Crippen LogP contribution in [0.4, 0.5) is 5.69 Å². The van der Waals surface area contributed by atoms with Gasteiger partial charge in [-0.2, -0.15) is 0 Å². The van der Waals surface area contributed by atoms with E-state index in [-0.39, 0.29) is 5.69 Å². The van der Waals surface area contributed by atoms with Gasteiger partial charge in [0, 0.05) is 42.5 Å². The number of nitro benzene ring substituents is 1. The van der Waals surface area contributed by atoms with Crippen molar-refractivity contribution in [1.82, 2.24) is 15.1 Å². The lowest BCUT2D eigenvalue weighted by atomic mass is 9.82. The van der Waals surface area contributed by atoms with E-state index >= 15 is 0 Å². The second kappa shape index (κ2) is 13.4. The zero-order chi connectivity index (χ0) is 29.6. The lowest BCUT2D eigenvalue weighted by Gasteiger charge is -2.39. The van der Waals surface area contributed by atoms with Crippen molar-refractivity contribution >= 4 is 35.8 Å². The molecule has 0 radical (unpaired) electrons. The third kappa shape index (κ3) is 6.83. The summed E-state index contributed by atoms with van der Waals surface area (Å²) in [5.74, 6) is -0.442. The van der Waals surface area contributed by atoms with E-state index in [2.05, 4.69) is 10.2 Å². The average molecular weight is 582 g/mol. The van der Waals surface area contributed by atoms with Crippen LogP contribution in [0.2, 0.25) is 5.02 Å². The number of aliphatic imine (C=N–C) groups is 1. The molecule has 2 aromatic rings. The Balaban J connectivity index is 1.49. The van der Waals surface area contributed by atoms with Gasteiger partial charge in [-0.05, 0) is 62.4 Å². The molecule has 2 unspecified atom stereocenters. The van der Waals surface area contributed by atoms with Gasteiger partial charge in [-0.3, -0.25) is 24.7 Å². The first-order chi connectivity index (χ1) is 19.7. The zero-order valence-corrected chi connectivity index (χ0v) is 24.1. The number of amides is 2. The van der Waals surface area contributed by atoms with E-state index in [1.807, 2.05) is 26.0 Å². The number of nitro groups is 1. The lowest BCUT2D eigenvalue weighted by Crippen LogP contribution is -2.46. The summed E-state index contributed by atoms with van der Waals surface area (Å²) in [5, 5.41) is 25.9. The number of hydrogen-bond donors (Lipinski definition) is 2. The number of hydrogen-bond acceptors (Lipinski definition) is 7. The van der Waals surface area contributed by atoms with Crippen LogP contribution in [0.5, 0.6) is 0 Å². The fourth-order valence-corrected chi connectivity index (χ4v) is 5.98. The number of carbonyl (C=O) groups is 2. The average Bonchev–Trinajstić information content (AvgIpc) is 2.97. The van der Waals surface area contributed by atoms with Crippen molar-refractivity contribution in [3.05, 3.63) is 86.2 Å². The summed E-state index contributed by atoms with van der Waals surface area (Å²) in [5.41, 5.74) is 2.84. The second-order valence-corrected chi connectivity index (χ2v) is 11.0. The van der Waals surface area contributed by atoms with E-state index in [9.17, 15) is 24.8 Å². The third-order valence-corrected chi connectivity index (χ3v) is 8.36. The molecule has 2 atom stereocenters. The van der Waals surface area contributed by atoms with Crippen molar-refractivity contribution in [3.63, 3.8) is 0 Å². The Morgan fingerprint density at radius 2 is 1.83 bits per heavy atom.